The number of hydrogen-bond donors (Lipinski definition) is 1. The lowest BCUT2D eigenvalue weighted by Gasteiger charge is -2.23. The number of likely N-dealkylation sites (N-methyl/N-ethyl adjacent to an activating group) is 1. The summed E-state index contributed by atoms with van der Waals surface area (Å²) in [6.45, 7) is 4.75. The molecule has 3 heterocycles. The zero-order chi connectivity index (χ0) is 24.4. The lowest BCUT2D eigenvalue weighted by atomic mass is 10.0. The number of hydrogen-bond acceptors (Lipinski definition) is 4. The normalized spacial score (nSPS) is 15.3. The predicted octanol–water partition coefficient (Wildman–Crippen LogP) is 3.37. The largest absolute Gasteiger partial charge is 0.337 e. The maximum atomic E-state index is 14.7. The third kappa shape index (κ3) is 5.30. The Morgan fingerprint density at radius 3 is 2.71 bits per heavy atom. The molecule has 0 spiro atoms. The number of fused-ring (bicyclic) bond motifs is 1. The van der Waals surface area contributed by atoms with E-state index >= 15 is 0 Å². The summed E-state index contributed by atoms with van der Waals surface area (Å²) in [7, 11) is 4.08. The molecule has 7 nitrogen and oxygen atoms in total. The highest BCUT2D eigenvalue weighted by molar-refractivity contribution is 6.42. The molecule has 2 aromatic heterocycles. The van der Waals surface area contributed by atoms with E-state index in [2.05, 4.69) is 14.8 Å². The van der Waals surface area contributed by atoms with E-state index in [1.807, 2.05) is 14.1 Å². The molecule has 34 heavy (non-hydrogen) atoms. The molecule has 1 aliphatic rings. The van der Waals surface area contributed by atoms with Gasteiger partial charge in [0.15, 0.2) is 0 Å². The van der Waals surface area contributed by atoms with E-state index in [1.54, 1.807) is 27.6 Å². The SMILES string of the molecule is CN(C)CCN1CCCN(C(=O)c2cc(Cc3c[nH]c(=O)c4cc(Cl)c(Cl)n34)ccc2F)CC1. The fourth-order valence-corrected chi connectivity index (χ4v) is 4.73. The van der Waals surface area contributed by atoms with Gasteiger partial charge in [-0.3, -0.25) is 14.0 Å². The Hall–Kier alpha value is -2.39. The highest BCUT2D eigenvalue weighted by Crippen LogP contribution is 2.27. The number of nitrogens with one attached hydrogen (secondary N) is 1. The van der Waals surface area contributed by atoms with Gasteiger partial charge in [0.1, 0.15) is 16.5 Å². The number of aromatic amines is 1. The number of carbonyl (C=O) groups is 1. The quantitative estimate of drug-likeness (QED) is 0.555. The lowest BCUT2D eigenvalue weighted by molar-refractivity contribution is 0.0756. The summed E-state index contributed by atoms with van der Waals surface area (Å²) in [5.41, 5.74) is 1.46. The van der Waals surface area contributed by atoms with Crippen LogP contribution in [0.5, 0.6) is 0 Å². The van der Waals surface area contributed by atoms with Gasteiger partial charge in [-0.2, -0.15) is 0 Å². The Kier molecular flexibility index (Phi) is 7.62. The Bertz CT molecular complexity index is 1260. The average Bonchev–Trinajstić information content (AvgIpc) is 2.98. The highest BCUT2D eigenvalue weighted by Gasteiger charge is 2.23. The first-order valence-electron chi connectivity index (χ1n) is 11.3. The smallest absolute Gasteiger partial charge is 0.272 e. The number of nitrogens with zero attached hydrogens (tertiary/aromatic N) is 4. The van der Waals surface area contributed by atoms with Gasteiger partial charge < -0.3 is 19.7 Å². The molecule has 3 aromatic rings. The molecule has 1 aliphatic heterocycles. The second-order valence-electron chi connectivity index (χ2n) is 8.89. The molecule has 1 fully saturated rings. The standard InChI is InChI=1S/C24H28Cl2FN5O2/c1-29(2)8-9-30-6-3-7-31(11-10-30)24(34)18-13-16(4-5-20(18)27)12-17-15-28-23(33)21-14-19(25)22(26)32(17)21/h4-5,13-15H,3,6-12H2,1-2H3,(H,28,33). The molecule has 0 saturated carbocycles. The first kappa shape index (κ1) is 24.7. The molecule has 1 N–H and O–H groups in total. The van der Waals surface area contributed by atoms with Gasteiger partial charge in [0.05, 0.1) is 10.6 Å². The fourth-order valence-electron chi connectivity index (χ4n) is 4.29. The highest BCUT2D eigenvalue weighted by atomic mass is 35.5. The molecular weight excluding hydrogens is 480 g/mol. The Balaban J connectivity index is 1.54. The third-order valence-corrected chi connectivity index (χ3v) is 6.93. The minimum absolute atomic E-state index is 0.0524. The first-order chi connectivity index (χ1) is 16.2. The number of benzene rings is 1. The number of amides is 1. The van der Waals surface area contributed by atoms with Crippen molar-refractivity contribution >= 4 is 34.6 Å². The van der Waals surface area contributed by atoms with Crippen molar-refractivity contribution in [2.45, 2.75) is 12.8 Å². The molecule has 182 valence electrons. The monoisotopic (exact) mass is 507 g/mol. The van der Waals surface area contributed by atoms with Crippen LogP contribution < -0.4 is 5.56 Å². The van der Waals surface area contributed by atoms with Crippen LogP contribution in [0.2, 0.25) is 10.2 Å². The Morgan fingerprint density at radius 2 is 1.94 bits per heavy atom. The van der Waals surface area contributed by atoms with Crippen molar-refractivity contribution in [1.29, 1.82) is 0 Å². The van der Waals surface area contributed by atoms with Crippen LogP contribution in [0.15, 0.2) is 35.3 Å². The van der Waals surface area contributed by atoms with Crippen LogP contribution in [0, 0.1) is 5.82 Å². The van der Waals surface area contributed by atoms with Crippen LogP contribution in [0.4, 0.5) is 4.39 Å². The van der Waals surface area contributed by atoms with E-state index in [4.69, 9.17) is 23.2 Å². The maximum absolute atomic E-state index is 14.7. The van der Waals surface area contributed by atoms with Gasteiger partial charge in [-0.1, -0.05) is 29.3 Å². The lowest BCUT2D eigenvalue weighted by Crippen LogP contribution is -2.37. The van der Waals surface area contributed by atoms with E-state index in [0.717, 1.165) is 38.2 Å². The molecule has 10 heteroatoms. The minimum atomic E-state index is -0.545. The van der Waals surface area contributed by atoms with Gasteiger partial charge in [-0.15, -0.1) is 0 Å². The van der Waals surface area contributed by atoms with Crippen molar-refractivity contribution in [3.8, 4) is 0 Å². The topological polar surface area (TPSA) is 64.1 Å². The summed E-state index contributed by atoms with van der Waals surface area (Å²) in [4.78, 5) is 34.3. The van der Waals surface area contributed by atoms with Crippen molar-refractivity contribution < 1.29 is 9.18 Å². The third-order valence-electron chi connectivity index (χ3n) is 6.17. The number of H-pyrrole nitrogens is 1. The summed E-state index contributed by atoms with van der Waals surface area (Å²) in [6, 6.07) is 6.04. The van der Waals surface area contributed by atoms with Crippen molar-refractivity contribution in [2.75, 3.05) is 53.4 Å². The Labute approximate surface area is 207 Å². The van der Waals surface area contributed by atoms with Crippen LogP contribution in [0.1, 0.15) is 28.0 Å². The first-order valence-corrected chi connectivity index (χ1v) is 12.0. The molecule has 1 saturated heterocycles. The second kappa shape index (κ2) is 10.5. The van der Waals surface area contributed by atoms with Crippen LogP contribution >= 0.6 is 23.2 Å². The fraction of sp³-hybridized carbons (Fsp3) is 0.417. The molecule has 0 atom stereocenters. The van der Waals surface area contributed by atoms with Crippen LogP contribution in [-0.4, -0.2) is 83.4 Å². The van der Waals surface area contributed by atoms with Gasteiger partial charge in [0.25, 0.3) is 11.5 Å². The molecule has 4 rings (SSSR count). The number of halogens is 3. The molecule has 0 bridgehead atoms. The van der Waals surface area contributed by atoms with Gasteiger partial charge in [0.2, 0.25) is 0 Å². The van der Waals surface area contributed by atoms with E-state index in [9.17, 15) is 14.0 Å². The van der Waals surface area contributed by atoms with Gasteiger partial charge in [0, 0.05) is 51.0 Å². The summed E-state index contributed by atoms with van der Waals surface area (Å²) >= 11 is 12.4. The summed E-state index contributed by atoms with van der Waals surface area (Å²) in [5.74, 6) is -0.849. The van der Waals surface area contributed by atoms with Crippen LogP contribution in [-0.2, 0) is 6.42 Å². The van der Waals surface area contributed by atoms with E-state index in [0.29, 0.717) is 30.7 Å². The zero-order valence-corrected chi connectivity index (χ0v) is 20.8. The number of rotatable bonds is 6. The van der Waals surface area contributed by atoms with Crippen molar-refractivity contribution in [1.82, 2.24) is 24.1 Å². The van der Waals surface area contributed by atoms with E-state index < -0.39 is 5.82 Å². The number of carbonyl (C=O) groups excluding carboxylic acids is 1. The average molecular weight is 508 g/mol. The molecule has 0 aliphatic carbocycles. The Morgan fingerprint density at radius 1 is 1.15 bits per heavy atom. The zero-order valence-electron chi connectivity index (χ0n) is 19.3. The van der Waals surface area contributed by atoms with Crippen molar-refractivity contribution in [2.24, 2.45) is 0 Å². The van der Waals surface area contributed by atoms with Crippen molar-refractivity contribution in [3.05, 3.63) is 73.6 Å². The second-order valence-corrected chi connectivity index (χ2v) is 9.66. The van der Waals surface area contributed by atoms with Gasteiger partial charge in [-0.25, -0.2) is 4.39 Å². The minimum Gasteiger partial charge on any atom is -0.337 e. The van der Waals surface area contributed by atoms with E-state index in [1.165, 1.54) is 12.1 Å². The predicted molar refractivity (Wildman–Crippen MR) is 133 cm³/mol. The summed E-state index contributed by atoms with van der Waals surface area (Å²) in [6.07, 6.45) is 2.74. The summed E-state index contributed by atoms with van der Waals surface area (Å²) < 4.78 is 16.3. The number of aromatic nitrogens is 2. The maximum Gasteiger partial charge on any atom is 0.272 e. The van der Waals surface area contributed by atoms with Crippen molar-refractivity contribution in [3.63, 3.8) is 0 Å². The van der Waals surface area contributed by atoms with E-state index in [-0.39, 0.29) is 27.2 Å². The van der Waals surface area contributed by atoms with Gasteiger partial charge in [-0.05, 0) is 50.8 Å². The molecular formula is C24H28Cl2FN5O2. The van der Waals surface area contributed by atoms with Crippen LogP contribution in [0.3, 0.4) is 0 Å². The molecule has 0 radical (unpaired) electrons. The summed E-state index contributed by atoms with van der Waals surface area (Å²) in [5, 5.41) is 0.509. The van der Waals surface area contributed by atoms with Gasteiger partial charge >= 0.3 is 0 Å². The molecule has 1 aromatic carbocycles. The molecule has 0 unspecified atom stereocenters. The molecule has 1 amide bonds. The van der Waals surface area contributed by atoms with Crippen LogP contribution in [0.25, 0.3) is 5.52 Å².